The summed E-state index contributed by atoms with van der Waals surface area (Å²) in [5, 5.41) is 2.57. The highest BCUT2D eigenvalue weighted by molar-refractivity contribution is 5.57. The highest BCUT2D eigenvalue weighted by Gasteiger charge is 2.68. The Labute approximate surface area is 119 Å². The molecule has 4 rings (SSSR count). The number of benzene rings is 1. The fourth-order valence-electron chi connectivity index (χ4n) is 3.57. The van der Waals surface area contributed by atoms with E-state index < -0.39 is 17.4 Å². The zero-order valence-electron chi connectivity index (χ0n) is 11.3. The summed E-state index contributed by atoms with van der Waals surface area (Å²) in [5.74, 6) is -2.31. The minimum absolute atomic E-state index is 0.135. The first-order valence-corrected chi connectivity index (χ1v) is 6.94. The molecule has 112 valence electrons. The minimum atomic E-state index is -0.782. The molecular weight excluding hydrogens is 282 g/mol. The molecule has 0 atom stereocenters. The van der Waals surface area contributed by atoms with Crippen LogP contribution in [0, 0.1) is 22.0 Å². The second-order valence-corrected chi connectivity index (χ2v) is 5.94. The van der Waals surface area contributed by atoms with Crippen molar-refractivity contribution < 1.29 is 18.3 Å². The standard InChI is InChI=1S/C14H14F2N2O3/c15-10-5-9(17-19)6-11(16)12(10)18-7-13(1-2-13)14(8-18)20-3-4-21-14/h5-6H,1-4,7-8H2. The predicted octanol–water partition coefficient (Wildman–Crippen LogP) is 2.71. The second kappa shape index (κ2) is 4.20. The van der Waals surface area contributed by atoms with Crippen LogP contribution in [-0.2, 0) is 9.47 Å². The summed E-state index contributed by atoms with van der Waals surface area (Å²) in [6, 6.07) is 1.90. The molecule has 2 spiro atoms. The molecule has 2 saturated heterocycles. The van der Waals surface area contributed by atoms with Gasteiger partial charge < -0.3 is 14.4 Å². The Morgan fingerprint density at radius 1 is 1.10 bits per heavy atom. The van der Waals surface area contributed by atoms with Gasteiger partial charge in [0, 0.05) is 24.1 Å². The van der Waals surface area contributed by atoms with Crippen LogP contribution in [0.4, 0.5) is 20.2 Å². The monoisotopic (exact) mass is 296 g/mol. The third kappa shape index (κ3) is 1.74. The summed E-state index contributed by atoms with van der Waals surface area (Å²) < 4.78 is 39.8. The van der Waals surface area contributed by atoms with Gasteiger partial charge in [-0.15, -0.1) is 4.91 Å². The Kier molecular flexibility index (Phi) is 2.62. The number of halogens is 2. The molecule has 0 amide bonds. The van der Waals surface area contributed by atoms with E-state index in [0.717, 1.165) is 25.0 Å². The summed E-state index contributed by atoms with van der Waals surface area (Å²) in [6.07, 6.45) is 1.86. The molecule has 21 heavy (non-hydrogen) atoms. The van der Waals surface area contributed by atoms with Crippen molar-refractivity contribution in [1.82, 2.24) is 0 Å². The van der Waals surface area contributed by atoms with Crippen LogP contribution in [0.3, 0.4) is 0 Å². The number of fused-ring (bicyclic) bond motifs is 1. The van der Waals surface area contributed by atoms with Crippen LogP contribution in [0.5, 0.6) is 0 Å². The van der Waals surface area contributed by atoms with Gasteiger partial charge in [-0.25, -0.2) is 8.78 Å². The van der Waals surface area contributed by atoms with Crippen LogP contribution in [-0.4, -0.2) is 32.1 Å². The quantitative estimate of drug-likeness (QED) is 0.787. The van der Waals surface area contributed by atoms with Crippen molar-refractivity contribution in [2.45, 2.75) is 18.6 Å². The molecule has 0 radical (unpaired) electrons. The van der Waals surface area contributed by atoms with Gasteiger partial charge in [0.25, 0.3) is 0 Å². The number of hydrogen-bond donors (Lipinski definition) is 0. The van der Waals surface area contributed by atoms with Gasteiger partial charge in [-0.05, 0) is 18.0 Å². The van der Waals surface area contributed by atoms with E-state index >= 15 is 0 Å². The highest BCUT2D eigenvalue weighted by atomic mass is 19.1. The van der Waals surface area contributed by atoms with Gasteiger partial charge in [-0.2, -0.15) is 0 Å². The van der Waals surface area contributed by atoms with Crippen molar-refractivity contribution in [1.29, 1.82) is 0 Å². The molecule has 1 aromatic carbocycles. The molecule has 7 heteroatoms. The maximum absolute atomic E-state index is 14.1. The zero-order valence-corrected chi connectivity index (χ0v) is 11.3. The maximum Gasteiger partial charge on any atom is 0.193 e. The molecule has 0 unspecified atom stereocenters. The van der Waals surface area contributed by atoms with E-state index in [-0.39, 0.29) is 16.8 Å². The lowest BCUT2D eigenvalue weighted by molar-refractivity contribution is -0.178. The van der Waals surface area contributed by atoms with E-state index in [1.165, 1.54) is 0 Å². The molecule has 0 bridgehead atoms. The van der Waals surface area contributed by atoms with Gasteiger partial charge in [0.15, 0.2) is 17.4 Å². The first kappa shape index (κ1) is 13.1. The minimum Gasteiger partial charge on any atom is -0.361 e. The number of anilines is 1. The molecule has 1 aliphatic carbocycles. The molecule has 3 fully saturated rings. The van der Waals surface area contributed by atoms with Gasteiger partial charge in [0.1, 0.15) is 11.4 Å². The lowest BCUT2D eigenvalue weighted by Gasteiger charge is -2.27. The molecule has 2 heterocycles. The number of hydrogen-bond acceptors (Lipinski definition) is 5. The first-order valence-electron chi connectivity index (χ1n) is 6.94. The zero-order chi connectivity index (χ0) is 14.7. The molecule has 0 aromatic heterocycles. The van der Waals surface area contributed by atoms with Crippen molar-refractivity contribution in [3.8, 4) is 0 Å². The highest BCUT2D eigenvalue weighted by Crippen LogP contribution is 2.62. The average Bonchev–Trinajstić information content (AvgIpc) is 2.96. The predicted molar refractivity (Wildman–Crippen MR) is 70.3 cm³/mol. The topological polar surface area (TPSA) is 51.1 Å². The third-order valence-corrected chi connectivity index (χ3v) is 4.73. The van der Waals surface area contributed by atoms with Crippen molar-refractivity contribution in [3.05, 3.63) is 28.7 Å². The second-order valence-electron chi connectivity index (χ2n) is 5.94. The Morgan fingerprint density at radius 2 is 1.71 bits per heavy atom. The van der Waals surface area contributed by atoms with Gasteiger partial charge in [0.2, 0.25) is 0 Å². The molecule has 0 N–H and O–H groups in total. The summed E-state index contributed by atoms with van der Waals surface area (Å²) in [7, 11) is 0. The summed E-state index contributed by atoms with van der Waals surface area (Å²) in [5.41, 5.74) is -0.550. The lowest BCUT2D eigenvalue weighted by atomic mass is 10.00. The normalized spacial score (nSPS) is 25.0. The summed E-state index contributed by atoms with van der Waals surface area (Å²) >= 11 is 0. The first-order chi connectivity index (χ1) is 10.1. The Morgan fingerprint density at radius 3 is 2.24 bits per heavy atom. The van der Waals surface area contributed by atoms with E-state index in [1.54, 1.807) is 4.90 Å². The van der Waals surface area contributed by atoms with Crippen LogP contribution < -0.4 is 4.90 Å². The number of nitroso groups, excluding NO2 is 1. The van der Waals surface area contributed by atoms with E-state index in [0.29, 0.717) is 26.3 Å². The van der Waals surface area contributed by atoms with E-state index in [4.69, 9.17) is 9.47 Å². The fraction of sp³-hybridized carbons (Fsp3) is 0.571. The average molecular weight is 296 g/mol. The van der Waals surface area contributed by atoms with Crippen LogP contribution in [0.15, 0.2) is 17.3 Å². The molecular formula is C14H14F2N2O3. The van der Waals surface area contributed by atoms with Crippen LogP contribution >= 0.6 is 0 Å². The van der Waals surface area contributed by atoms with E-state index in [2.05, 4.69) is 5.18 Å². The Bertz CT molecular complexity index is 589. The molecule has 2 aliphatic heterocycles. The molecule has 5 nitrogen and oxygen atoms in total. The van der Waals surface area contributed by atoms with Gasteiger partial charge >= 0.3 is 0 Å². The van der Waals surface area contributed by atoms with Crippen molar-refractivity contribution >= 4 is 11.4 Å². The van der Waals surface area contributed by atoms with Gasteiger partial charge in [0.05, 0.1) is 19.8 Å². The smallest absolute Gasteiger partial charge is 0.193 e. The number of ether oxygens (including phenoxy) is 2. The van der Waals surface area contributed by atoms with Gasteiger partial charge in [-0.3, -0.25) is 0 Å². The summed E-state index contributed by atoms with van der Waals surface area (Å²) in [6.45, 7) is 1.81. The van der Waals surface area contributed by atoms with Crippen molar-refractivity contribution in [2.75, 3.05) is 31.2 Å². The third-order valence-electron chi connectivity index (χ3n) is 4.73. The maximum atomic E-state index is 14.1. The SMILES string of the molecule is O=Nc1cc(F)c(N2CC3(CC3)C3(C2)OCCO3)c(F)c1. The van der Waals surface area contributed by atoms with E-state index in [9.17, 15) is 13.7 Å². The largest absolute Gasteiger partial charge is 0.361 e. The number of rotatable bonds is 2. The summed E-state index contributed by atoms with van der Waals surface area (Å²) in [4.78, 5) is 12.0. The number of nitrogens with zero attached hydrogens (tertiary/aromatic N) is 2. The Balaban J connectivity index is 1.71. The Hall–Kier alpha value is -1.60. The van der Waals surface area contributed by atoms with Gasteiger partial charge in [-0.1, -0.05) is 0 Å². The fourth-order valence-corrected chi connectivity index (χ4v) is 3.57. The molecule has 1 aromatic rings. The van der Waals surface area contributed by atoms with Crippen molar-refractivity contribution in [2.24, 2.45) is 10.6 Å². The van der Waals surface area contributed by atoms with E-state index in [1.807, 2.05) is 0 Å². The molecule has 1 saturated carbocycles. The van der Waals surface area contributed by atoms with Crippen molar-refractivity contribution in [3.63, 3.8) is 0 Å². The van der Waals surface area contributed by atoms with Crippen LogP contribution in [0.25, 0.3) is 0 Å². The lowest BCUT2D eigenvalue weighted by Crippen LogP contribution is -2.40. The van der Waals surface area contributed by atoms with Crippen LogP contribution in [0.2, 0.25) is 0 Å². The molecule has 3 aliphatic rings. The van der Waals surface area contributed by atoms with Crippen LogP contribution in [0.1, 0.15) is 12.8 Å².